The topological polar surface area (TPSA) is 55.3 Å². The molecular formula is C15H19N3O2S. The van der Waals surface area contributed by atoms with Gasteiger partial charge in [0, 0.05) is 12.6 Å². The lowest BCUT2D eigenvalue weighted by Crippen LogP contribution is -2.45. The molecule has 0 N–H and O–H groups in total. The Bertz CT molecular complexity index is 628. The van der Waals surface area contributed by atoms with Crippen molar-refractivity contribution in [2.75, 3.05) is 13.2 Å². The van der Waals surface area contributed by atoms with Crippen molar-refractivity contribution in [1.29, 1.82) is 0 Å². The molecule has 1 atom stereocenters. The Labute approximate surface area is 128 Å². The number of fused-ring (bicyclic) bond motifs is 1. The summed E-state index contributed by atoms with van der Waals surface area (Å²) in [7, 11) is 0. The van der Waals surface area contributed by atoms with E-state index in [0.29, 0.717) is 11.9 Å². The molecule has 0 aliphatic carbocycles. The van der Waals surface area contributed by atoms with Crippen LogP contribution in [-0.2, 0) is 4.79 Å². The van der Waals surface area contributed by atoms with E-state index >= 15 is 0 Å². The maximum atomic E-state index is 12.4. The maximum Gasteiger partial charge on any atom is 0.260 e. The monoisotopic (exact) mass is 305 g/mol. The first-order valence-corrected chi connectivity index (χ1v) is 8.28. The van der Waals surface area contributed by atoms with E-state index in [1.807, 2.05) is 16.3 Å². The molecule has 3 rings (SSSR count). The number of aromatic nitrogens is 2. The van der Waals surface area contributed by atoms with Gasteiger partial charge in [0.15, 0.2) is 6.61 Å². The summed E-state index contributed by atoms with van der Waals surface area (Å²) in [5.74, 6) is 0.559. The number of likely N-dealkylation sites (tertiary alicyclic amines) is 1. The molecule has 0 bridgehead atoms. The molecule has 1 fully saturated rings. The molecule has 5 nitrogen and oxygen atoms in total. The van der Waals surface area contributed by atoms with Crippen LogP contribution in [0.3, 0.4) is 0 Å². The molecule has 0 spiro atoms. The average molecular weight is 305 g/mol. The highest BCUT2D eigenvalue weighted by Gasteiger charge is 2.25. The fourth-order valence-electron chi connectivity index (χ4n) is 2.85. The Kier molecular flexibility index (Phi) is 4.34. The molecule has 21 heavy (non-hydrogen) atoms. The van der Waals surface area contributed by atoms with Crippen molar-refractivity contribution in [3.63, 3.8) is 0 Å². The van der Waals surface area contributed by atoms with Gasteiger partial charge < -0.3 is 9.64 Å². The van der Waals surface area contributed by atoms with Crippen LogP contribution in [0.5, 0.6) is 5.88 Å². The Hall–Kier alpha value is -1.69. The lowest BCUT2D eigenvalue weighted by atomic mass is 10.00. The van der Waals surface area contributed by atoms with Crippen LogP contribution in [0.1, 0.15) is 32.6 Å². The van der Waals surface area contributed by atoms with E-state index in [0.717, 1.165) is 36.0 Å². The maximum absolute atomic E-state index is 12.4. The minimum atomic E-state index is 0.0540. The molecule has 6 heteroatoms. The predicted octanol–water partition coefficient (Wildman–Crippen LogP) is 2.86. The summed E-state index contributed by atoms with van der Waals surface area (Å²) >= 11 is 1.54. The second-order valence-electron chi connectivity index (χ2n) is 5.25. The summed E-state index contributed by atoms with van der Waals surface area (Å²) in [6.07, 6.45) is 5.89. The van der Waals surface area contributed by atoms with Crippen molar-refractivity contribution >= 4 is 27.5 Å². The van der Waals surface area contributed by atoms with Crippen LogP contribution in [0.4, 0.5) is 0 Å². The molecule has 1 aliphatic heterocycles. The predicted molar refractivity (Wildman–Crippen MR) is 82.6 cm³/mol. The van der Waals surface area contributed by atoms with Crippen molar-refractivity contribution in [2.24, 2.45) is 0 Å². The molecule has 1 amide bonds. The van der Waals surface area contributed by atoms with Gasteiger partial charge in [0.25, 0.3) is 5.91 Å². The SMILES string of the molecule is CC[C@H]1CCCCN1C(=O)COc1ncnc2sccc12. The third-order valence-electron chi connectivity index (χ3n) is 3.98. The van der Waals surface area contributed by atoms with Crippen LogP contribution >= 0.6 is 11.3 Å². The number of piperidine rings is 1. The highest BCUT2D eigenvalue weighted by atomic mass is 32.1. The number of rotatable bonds is 4. The van der Waals surface area contributed by atoms with Crippen molar-refractivity contribution in [1.82, 2.24) is 14.9 Å². The zero-order valence-corrected chi connectivity index (χ0v) is 12.9. The molecular weight excluding hydrogens is 286 g/mol. The average Bonchev–Trinajstić information content (AvgIpc) is 3.01. The molecule has 112 valence electrons. The first-order chi connectivity index (χ1) is 10.3. The molecule has 3 heterocycles. The number of thiophene rings is 1. The van der Waals surface area contributed by atoms with Gasteiger partial charge in [-0.15, -0.1) is 11.3 Å². The van der Waals surface area contributed by atoms with Gasteiger partial charge in [-0.05, 0) is 37.1 Å². The van der Waals surface area contributed by atoms with Crippen LogP contribution in [0, 0.1) is 0 Å². The number of carbonyl (C=O) groups excluding carboxylic acids is 1. The van der Waals surface area contributed by atoms with Gasteiger partial charge in [0.1, 0.15) is 11.2 Å². The Morgan fingerprint density at radius 1 is 1.48 bits per heavy atom. The van der Waals surface area contributed by atoms with E-state index in [1.54, 1.807) is 11.3 Å². The van der Waals surface area contributed by atoms with Crippen LogP contribution in [0.15, 0.2) is 17.8 Å². The van der Waals surface area contributed by atoms with Crippen LogP contribution in [0.2, 0.25) is 0 Å². The first-order valence-electron chi connectivity index (χ1n) is 7.40. The van der Waals surface area contributed by atoms with Gasteiger partial charge in [0.05, 0.1) is 5.39 Å². The standard InChI is InChI=1S/C15H19N3O2S/c1-2-11-5-3-4-7-18(11)13(19)9-20-14-12-6-8-21-15(12)17-10-16-14/h6,8,10-11H,2-5,7,9H2,1H3/t11-/m0/s1. The molecule has 1 aliphatic rings. The Morgan fingerprint density at radius 3 is 3.24 bits per heavy atom. The van der Waals surface area contributed by atoms with Crippen LogP contribution in [-0.4, -0.2) is 40.0 Å². The summed E-state index contributed by atoms with van der Waals surface area (Å²) in [4.78, 5) is 23.5. The molecule has 2 aromatic heterocycles. The molecule has 0 aromatic carbocycles. The summed E-state index contributed by atoms with van der Waals surface area (Å²) in [5.41, 5.74) is 0. The van der Waals surface area contributed by atoms with Crippen LogP contribution < -0.4 is 4.74 Å². The molecule has 1 saturated heterocycles. The second kappa shape index (κ2) is 6.39. The fraction of sp³-hybridized carbons (Fsp3) is 0.533. The molecule has 0 saturated carbocycles. The second-order valence-corrected chi connectivity index (χ2v) is 6.15. The van der Waals surface area contributed by atoms with Crippen LogP contribution in [0.25, 0.3) is 10.2 Å². The summed E-state index contributed by atoms with van der Waals surface area (Å²) in [5, 5.41) is 2.83. The van der Waals surface area contributed by atoms with Crippen molar-refractivity contribution in [2.45, 2.75) is 38.6 Å². The first kappa shape index (κ1) is 14.3. The van der Waals surface area contributed by atoms with Crippen molar-refractivity contribution in [3.8, 4) is 5.88 Å². The van der Waals surface area contributed by atoms with Gasteiger partial charge in [-0.25, -0.2) is 9.97 Å². The van der Waals surface area contributed by atoms with E-state index in [2.05, 4.69) is 16.9 Å². The molecule has 2 aromatic rings. The van der Waals surface area contributed by atoms with Gasteiger partial charge >= 0.3 is 0 Å². The lowest BCUT2D eigenvalue weighted by Gasteiger charge is -2.35. The Balaban J connectivity index is 1.66. The third-order valence-corrected chi connectivity index (χ3v) is 4.80. The zero-order valence-electron chi connectivity index (χ0n) is 12.1. The zero-order chi connectivity index (χ0) is 14.7. The summed E-state index contributed by atoms with van der Waals surface area (Å²) in [6.45, 7) is 3.03. The van der Waals surface area contributed by atoms with E-state index in [9.17, 15) is 4.79 Å². The summed E-state index contributed by atoms with van der Waals surface area (Å²) in [6, 6.07) is 2.29. The van der Waals surface area contributed by atoms with Gasteiger partial charge in [-0.2, -0.15) is 0 Å². The van der Waals surface area contributed by atoms with Gasteiger partial charge in [-0.3, -0.25) is 4.79 Å². The fourth-order valence-corrected chi connectivity index (χ4v) is 3.57. The van der Waals surface area contributed by atoms with E-state index in [-0.39, 0.29) is 12.5 Å². The smallest absolute Gasteiger partial charge is 0.260 e. The minimum Gasteiger partial charge on any atom is -0.467 e. The van der Waals surface area contributed by atoms with Gasteiger partial charge in [-0.1, -0.05) is 6.92 Å². The van der Waals surface area contributed by atoms with E-state index in [1.165, 1.54) is 12.7 Å². The lowest BCUT2D eigenvalue weighted by molar-refractivity contribution is -0.137. The highest BCUT2D eigenvalue weighted by Crippen LogP contribution is 2.26. The number of carbonyl (C=O) groups is 1. The third kappa shape index (κ3) is 3.00. The Morgan fingerprint density at radius 2 is 2.38 bits per heavy atom. The number of nitrogens with zero attached hydrogens (tertiary/aromatic N) is 3. The normalized spacial score (nSPS) is 18.9. The number of amides is 1. The number of hydrogen-bond acceptors (Lipinski definition) is 5. The number of hydrogen-bond donors (Lipinski definition) is 0. The quantitative estimate of drug-likeness (QED) is 0.871. The van der Waals surface area contributed by atoms with E-state index < -0.39 is 0 Å². The molecule has 0 unspecified atom stereocenters. The number of ether oxygens (including phenoxy) is 1. The van der Waals surface area contributed by atoms with E-state index in [4.69, 9.17) is 4.74 Å². The highest BCUT2D eigenvalue weighted by molar-refractivity contribution is 7.16. The largest absolute Gasteiger partial charge is 0.467 e. The summed E-state index contributed by atoms with van der Waals surface area (Å²) < 4.78 is 5.65. The molecule has 0 radical (unpaired) electrons. The van der Waals surface area contributed by atoms with Crippen molar-refractivity contribution in [3.05, 3.63) is 17.8 Å². The minimum absolute atomic E-state index is 0.0540. The van der Waals surface area contributed by atoms with Crippen molar-refractivity contribution < 1.29 is 9.53 Å². The van der Waals surface area contributed by atoms with Gasteiger partial charge in [0.2, 0.25) is 5.88 Å².